The average Bonchev–Trinajstić information content (AvgIpc) is 2.82. The van der Waals surface area contributed by atoms with Gasteiger partial charge in [0.25, 0.3) is 5.91 Å². The van der Waals surface area contributed by atoms with E-state index in [1.54, 1.807) is 23.1 Å². The monoisotopic (exact) mass is 274 g/mol. The molecule has 2 fully saturated rings. The third-order valence-electron chi connectivity index (χ3n) is 4.16. The van der Waals surface area contributed by atoms with Crippen molar-refractivity contribution in [1.29, 1.82) is 0 Å². The van der Waals surface area contributed by atoms with Crippen LogP contribution in [0, 0.1) is 6.92 Å². The van der Waals surface area contributed by atoms with E-state index in [4.69, 9.17) is 0 Å². The Morgan fingerprint density at radius 2 is 2.15 bits per heavy atom. The highest BCUT2D eigenvalue weighted by molar-refractivity contribution is 5.97. The molecular weight excluding hydrogens is 256 g/mol. The molecule has 0 aliphatic carbocycles. The molecule has 2 aliphatic rings. The van der Waals surface area contributed by atoms with Gasteiger partial charge in [0.2, 0.25) is 5.91 Å². The number of hydrogen-bond donors (Lipinski definition) is 1. The van der Waals surface area contributed by atoms with Crippen LogP contribution in [0.1, 0.15) is 28.8 Å². The predicted molar refractivity (Wildman–Crippen MR) is 73.5 cm³/mol. The lowest BCUT2D eigenvalue weighted by Crippen LogP contribution is -2.53. The van der Waals surface area contributed by atoms with E-state index in [-0.39, 0.29) is 23.6 Å². The van der Waals surface area contributed by atoms with Gasteiger partial charge in [-0.05, 0) is 25.5 Å². The summed E-state index contributed by atoms with van der Waals surface area (Å²) in [5.41, 5.74) is 1.30. The highest BCUT2D eigenvalue weighted by atomic mass is 16.3. The standard InChI is InChI=1S/C15H18N2O3/c1-10-2-4-13(18)12(8-10)15(20)16-6-7-17-11(9-16)3-5-14(17)19/h2,4,8,11,18H,3,5-7,9H2,1H3. The molecule has 2 aliphatic heterocycles. The highest BCUT2D eigenvalue weighted by Gasteiger charge is 2.37. The molecular formula is C15H18N2O3. The Bertz CT molecular complexity index is 570. The number of phenolic OH excluding ortho intramolecular Hbond substituents is 1. The van der Waals surface area contributed by atoms with E-state index < -0.39 is 0 Å². The maximum Gasteiger partial charge on any atom is 0.257 e. The number of piperazine rings is 1. The van der Waals surface area contributed by atoms with Gasteiger partial charge in [-0.2, -0.15) is 0 Å². The molecule has 0 aromatic heterocycles. The van der Waals surface area contributed by atoms with Crippen molar-refractivity contribution < 1.29 is 14.7 Å². The van der Waals surface area contributed by atoms with E-state index in [2.05, 4.69) is 0 Å². The summed E-state index contributed by atoms with van der Waals surface area (Å²) in [4.78, 5) is 27.8. The van der Waals surface area contributed by atoms with Crippen LogP contribution < -0.4 is 0 Å². The first-order valence-electron chi connectivity index (χ1n) is 6.94. The molecule has 5 heteroatoms. The van der Waals surface area contributed by atoms with Gasteiger partial charge in [-0.15, -0.1) is 0 Å². The van der Waals surface area contributed by atoms with Gasteiger partial charge in [-0.3, -0.25) is 9.59 Å². The van der Waals surface area contributed by atoms with Crippen LogP contribution in [0.15, 0.2) is 18.2 Å². The van der Waals surface area contributed by atoms with Crippen LogP contribution in [0.4, 0.5) is 0 Å². The number of amides is 2. The number of carbonyl (C=O) groups is 2. The van der Waals surface area contributed by atoms with Gasteiger partial charge in [-0.1, -0.05) is 11.6 Å². The number of hydrogen-bond acceptors (Lipinski definition) is 3. The largest absolute Gasteiger partial charge is 0.507 e. The van der Waals surface area contributed by atoms with Crippen molar-refractivity contribution in [2.75, 3.05) is 19.6 Å². The summed E-state index contributed by atoms with van der Waals surface area (Å²) in [5, 5.41) is 9.85. The van der Waals surface area contributed by atoms with Crippen molar-refractivity contribution in [1.82, 2.24) is 9.80 Å². The zero-order chi connectivity index (χ0) is 14.3. The highest BCUT2D eigenvalue weighted by Crippen LogP contribution is 2.26. The predicted octanol–water partition coefficient (Wildman–Crippen LogP) is 1.15. The van der Waals surface area contributed by atoms with E-state index >= 15 is 0 Å². The Hall–Kier alpha value is -2.04. The van der Waals surface area contributed by atoms with Crippen molar-refractivity contribution in [2.45, 2.75) is 25.8 Å². The van der Waals surface area contributed by atoms with E-state index in [1.807, 2.05) is 11.8 Å². The molecule has 2 amide bonds. The summed E-state index contributed by atoms with van der Waals surface area (Å²) in [5.74, 6) is 0.0660. The third kappa shape index (κ3) is 2.13. The van der Waals surface area contributed by atoms with Crippen LogP contribution in [0.5, 0.6) is 5.75 Å². The van der Waals surface area contributed by atoms with Gasteiger partial charge in [-0.25, -0.2) is 0 Å². The maximum atomic E-state index is 12.5. The molecule has 1 aromatic carbocycles. The zero-order valence-corrected chi connectivity index (χ0v) is 11.5. The van der Waals surface area contributed by atoms with Crippen molar-refractivity contribution in [3.05, 3.63) is 29.3 Å². The Morgan fingerprint density at radius 1 is 1.35 bits per heavy atom. The number of aromatic hydroxyl groups is 1. The van der Waals surface area contributed by atoms with Crippen LogP contribution in [0.3, 0.4) is 0 Å². The lowest BCUT2D eigenvalue weighted by molar-refractivity contribution is -0.130. The molecule has 3 rings (SSSR count). The van der Waals surface area contributed by atoms with Crippen molar-refractivity contribution in [2.24, 2.45) is 0 Å². The van der Waals surface area contributed by atoms with E-state index in [0.717, 1.165) is 12.0 Å². The summed E-state index contributed by atoms with van der Waals surface area (Å²) in [6.07, 6.45) is 1.41. The van der Waals surface area contributed by atoms with Gasteiger partial charge in [0, 0.05) is 32.1 Å². The van der Waals surface area contributed by atoms with Gasteiger partial charge >= 0.3 is 0 Å². The smallest absolute Gasteiger partial charge is 0.257 e. The minimum absolute atomic E-state index is 0.0190. The lowest BCUT2D eigenvalue weighted by Gasteiger charge is -2.37. The Balaban J connectivity index is 1.78. The Morgan fingerprint density at radius 3 is 2.95 bits per heavy atom. The minimum Gasteiger partial charge on any atom is -0.507 e. The van der Waals surface area contributed by atoms with E-state index in [1.165, 1.54) is 0 Å². The zero-order valence-electron chi connectivity index (χ0n) is 11.5. The second-order valence-electron chi connectivity index (χ2n) is 5.55. The quantitative estimate of drug-likeness (QED) is 0.835. The molecule has 0 bridgehead atoms. The fourth-order valence-electron chi connectivity index (χ4n) is 3.04. The molecule has 2 heterocycles. The summed E-state index contributed by atoms with van der Waals surface area (Å²) in [6, 6.07) is 5.19. The van der Waals surface area contributed by atoms with Crippen LogP contribution in [0.2, 0.25) is 0 Å². The molecule has 1 unspecified atom stereocenters. The number of benzene rings is 1. The third-order valence-corrected chi connectivity index (χ3v) is 4.16. The van der Waals surface area contributed by atoms with E-state index in [9.17, 15) is 14.7 Å². The Labute approximate surface area is 117 Å². The lowest BCUT2D eigenvalue weighted by atomic mass is 10.1. The molecule has 106 valence electrons. The number of nitrogens with zero attached hydrogens (tertiary/aromatic N) is 2. The second-order valence-corrected chi connectivity index (χ2v) is 5.55. The first-order valence-corrected chi connectivity index (χ1v) is 6.94. The van der Waals surface area contributed by atoms with Crippen molar-refractivity contribution in [3.8, 4) is 5.75 Å². The molecule has 1 atom stereocenters. The van der Waals surface area contributed by atoms with Crippen LogP contribution >= 0.6 is 0 Å². The molecule has 20 heavy (non-hydrogen) atoms. The van der Waals surface area contributed by atoms with Gasteiger partial charge < -0.3 is 14.9 Å². The van der Waals surface area contributed by atoms with Crippen LogP contribution in [-0.2, 0) is 4.79 Å². The Kier molecular flexibility index (Phi) is 3.12. The normalized spacial score (nSPS) is 22.1. The molecule has 0 radical (unpaired) electrons. The van der Waals surface area contributed by atoms with Gasteiger partial charge in [0.05, 0.1) is 5.56 Å². The molecule has 2 saturated heterocycles. The van der Waals surface area contributed by atoms with E-state index in [0.29, 0.717) is 31.6 Å². The first-order chi connectivity index (χ1) is 9.56. The summed E-state index contributed by atoms with van der Waals surface area (Å²) < 4.78 is 0. The molecule has 1 aromatic rings. The number of carbonyl (C=O) groups excluding carboxylic acids is 2. The topological polar surface area (TPSA) is 60.9 Å². The first kappa shape index (κ1) is 13.0. The average molecular weight is 274 g/mol. The molecule has 0 saturated carbocycles. The fraction of sp³-hybridized carbons (Fsp3) is 0.467. The maximum absolute atomic E-state index is 12.5. The second kappa shape index (κ2) is 4.81. The summed E-state index contributed by atoms with van der Waals surface area (Å²) in [7, 11) is 0. The molecule has 0 spiro atoms. The molecule has 1 N–H and O–H groups in total. The number of rotatable bonds is 1. The summed E-state index contributed by atoms with van der Waals surface area (Å²) >= 11 is 0. The summed E-state index contributed by atoms with van der Waals surface area (Å²) in [6.45, 7) is 3.60. The SMILES string of the molecule is Cc1ccc(O)c(C(=O)N2CCN3C(=O)CCC3C2)c1. The van der Waals surface area contributed by atoms with Gasteiger partial charge in [0.1, 0.15) is 5.75 Å². The van der Waals surface area contributed by atoms with Crippen LogP contribution in [0.25, 0.3) is 0 Å². The van der Waals surface area contributed by atoms with Crippen molar-refractivity contribution >= 4 is 11.8 Å². The number of aryl methyl sites for hydroxylation is 1. The van der Waals surface area contributed by atoms with Crippen molar-refractivity contribution in [3.63, 3.8) is 0 Å². The number of phenols is 1. The molecule has 5 nitrogen and oxygen atoms in total. The number of fused-ring (bicyclic) bond motifs is 1. The minimum atomic E-state index is -0.148. The fourth-order valence-corrected chi connectivity index (χ4v) is 3.04. The van der Waals surface area contributed by atoms with Gasteiger partial charge in [0.15, 0.2) is 0 Å². The van der Waals surface area contributed by atoms with Crippen LogP contribution in [-0.4, -0.2) is 52.4 Å².